The zero-order chi connectivity index (χ0) is 22.9. The number of anilines is 1. The van der Waals surface area contributed by atoms with Gasteiger partial charge in [-0.3, -0.25) is 14.5 Å². The quantitative estimate of drug-likeness (QED) is 0.420. The van der Waals surface area contributed by atoms with Crippen molar-refractivity contribution in [2.45, 2.75) is 57.6 Å². The van der Waals surface area contributed by atoms with Crippen molar-refractivity contribution in [3.05, 3.63) is 59.1 Å². The van der Waals surface area contributed by atoms with Crippen molar-refractivity contribution in [3.8, 4) is 0 Å². The number of hydrogen-bond donors (Lipinski definition) is 1. The second-order valence-corrected chi connectivity index (χ2v) is 9.61. The lowest BCUT2D eigenvalue weighted by Crippen LogP contribution is -2.45. The van der Waals surface area contributed by atoms with Gasteiger partial charge in [0.05, 0.1) is 5.69 Å². The highest BCUT2D eigenvalue weighted by Crippen LogP contribution is 2.30. The fraction of sp³-hybridized carbons (Fsp3) is 0.400. The molecule has 0 aliphatic carbocycles. The van der Waals surface area contributed by atoms with Gasteiger partial charge in [0.1, 0.15) is 5.25 Å². The highest BCUT2D eigenvalue weighted by atomic mass is 35.5. The van der Waals surface area contributed by atoms with Crippen LogP contribution in [-0.4, -0.2) is 33.7 Å². The maximum atomic E-state index is 13.0. The summed E-state index contributed by atoms with van der Waals surface area (Å²) in [5.74, 6) is -0.239. The normalized spacial score (nSPS) is 17.6. The SMILES string of the molecule is CCCCCCCN1C(=O)CC(C(=O)Nc2cccc(C)c2)SC1=Nc1ccc(Cl)cc1. The fourth-order valence-electron chi connectivity index (χ4n) is 3.51. The van der Waals surface area contributed by atoms with Crippen LogP contribution in [0, 0.1) is 6.92 Å². The van der Waals surface area contributed by atoms with E-state index < -0.39 is 5.25 Å². The van der Waals surface area contributed by atoms with Crippen molar-refractivity contribution < 1.29 is 9.59 Å². The molecule has 1 aliphatic rings. The molecular formula is C25H30ClN3O2S. The first-order valence-electron chi connectivity index (χ1n) is 11.1. The van der Waals surface area contributed by atoms with Crippen LogP contribution in [0.4, 0.5) is 11.4 Å². The molecule has 0 aromatic heterocycles. The molecule has 1 fully saturated rings. The number of halogens is 1. The van der Waals surface area contributed by atoms with Crippen LogP contribution in [0.3, 0.4) is 0 Å². The molecule has 0 spiro atoms. The number of thioether (sulfide) groups is 1. The van der Waals surface area contributed by atoms with Crippen molar-refractivity contribution in [1.82, 2.24) is 4.90 Å². The number of unbranched alkanes of at least 4 members (excludes halogenated alkanes) is 4. The van der Waals surface area contributed by atoms with E-state index in [2.05, 4.69) is 12.2 Å². The van der Waals surface area contributed by atoms with Crippen molar-refractivity contribution in [2.24, 2.45) is 4.99 Å². The van der Waals surface area contributed by atoms with E-state index in [9.17, 15) is 9.59 Å². The van der Waals surface area contributed by atoms with E-state index in [0.717, 1.165) is 30.5 Å². The fourth-order valence-corrected chi connectivity index (χ4v) is 4.76. The largest absolute Gasteiger partial charge is 0.325 e. The van der Waals surface area contributed by atoms with Gasteiger partial charge in [-0.2, -0.15) is 0 Å². The van der Waals surface area contributed by atoms with Gasteiger partial charge in [-0.15, -0.1) is 0 Å². The summed E-state index contributed by atoms with van der Waals surface area (Å²) in [4.78, 5) is 32.4. The van der Waals surface area contributed by atoms with Crippen LogP contribution in [0.5, 0.6) is 0 Å². The van der Waals surface area contributed by atoms with Gasteiger partial charge < -0.3 is 5.32 Å². The Morgan fingerprint density at radius 3 is 2.62 bits per heavy atom. The molecular weight excluding hydrogens is 442 g/mol. The minimum absolute atomic E-state index is 0.0589. The molecule has 2 aromatic rings. The molecule has 7 heteroatoms. The lowest BCUT2D eigenvalue weighted by molar-refractivity contribution is -0.129. The van der Waals surface area contributed by atoms with Crippen LogP contribution in [0.15, 0.2) is 53.5 Å². The van der Waals surface area contributed by atoms with Crippen molar-refractivity contribution >= 4 is 51.7 Å². The third-order valence-electron chi connectivity index (χ3n) is 5.25. The van der Waals surface area contributed by atoms with Gasteiger partial charge in [-0.25, -0.2) is 4.99 Å². The monoisotopic (exact) mass is 471 g/mol. The van der Waals surface area contributed by atoms with E-state index in [1.54, 1.807) is 17.0 Å². The number of aryl methyl sites for hydroxylation is 1. The average Bonchev–Trinajstić information content (AvgIpc) is 2.76. The summed E-state index contributed by atoms with van der Waals surface area (Å²) in [5.41, 5.74) is 2.51. The summed E-state index contributed by atoms with van der Waals surface area (Å²) in [7, 11) is 0. The van der Waals surface area contributed by atoms with E-state index in [-0.39, 0.29) is 18.2 Å². The topological polar surface area (TPSA) is 61.8 Å². The summed E-state index contributed by atoms with van der Waals surface area (Å²) < 4.78 is 0. The zero-order valence-corrected chi connectivity index (χ0v) is 20.2. The predicted octanol–water partition coefficient (Wildman–Crippen LogP) is 6.58. The van der Waals surface area contributed by atoms with E-state index in [1.165, 1.54) is 24.6 Å². The zero-order valence-electron chi connectivity index (χ0n) is 18.6. The van der Waals surface area contributed by atoms with E-state index in [0.29, 0.717) is 22.4 Å². The number of benzene rings is 2. The Labute approximate surface area is 199 Å². The molecule has 0 bridgehead atoms. The Hall–Kier alpha value is -2.31. The molecule has 170 valence electrons. The number of carbonyl (C=O) groups excluding carboxylic acids is 2. The Morgan fingerprint density at radius 1 is 1.16 bits per heavy atom. The number of carbonyl (C=O) groups is 2. The van der Waals surface area contributed by atoms with Crippen molar-refractivity contribution in [3.63, 3.8) is 0 Å². The van der Waals surface area contributed by atoms with Gasteiger partial charge in [0, 0.05) is 23.7 Å². The molecule has 0 saturated carbocycles. The molecule has 0 radical (unpaired) electrons. The molecule has 1 aliphatic heterocycles. The highest BCUT2D eigenvalue weighted by molar-refractivity contribution is 8.15. The molecule has 1 atom stereocenters. The maximum Gasteiger partial charge on any atom is 0.238 e. The minimum Gasteiger partial charge on any atom is -0.325 e. The second kappa shape index (κ2) is 12.1. The Morgan fingerprint density at radius 2 is 1.91 bits per heavy atom. The van der Waals surface area contributed by atoms with E-state index >= 15 is 0 Å². The second-order valence-electron chi connectivity index (χ2n) is 8.00. The average molecular weight is 472 g/mol. The molecule has 1 unspecified atom stereocenters. The molecule has 32 heavy (non-hydrogen) atoms. The van der Waals surface area contributed by atoms with Gasteiger partial charge in [0.15, 0.2) is 5.17 Å². The molecule has 5 nitrogen and oxygen atoms in total. The third kappa shape index (κ3) is 7.10. The summed E-state index contributed by atoms with van der Waals surface area (Å²) in [6.07, 6.45) is 5.71. The van der Waals surface area contributed by atoms with E-state index in [1.807, 2.05) is 43.3 Å². The van der Waals surface area contributed by atoms with Gasteiger partial charge in [-0.1, -0.05) is 68.1 Å². The van der Waals surface area contributed by atoms with Crippen LogP contribution in [0.2, 0.25) is 5.02 Å². The first kappa shape index (κ1) is 24.3. The maximum absolute atomic E-state index is 13.0. The third-order valence-corrected chi connectivity index (χ3v) is 6.69. The number of hydrogen-bond acceptors (Lipinski definition) is 4. The summed E-state index contributed by atoms with van der Waals surface area (Å²) in [6, 6.07) is 14.8. The van der Waals surface area contributed by atoms with Crippen LogP contribution in [-0.2, 0) is 9.59 Å². The predicted molar refractivity (Wildman–Crippen MR) is 135 cm³/mol. The van der Waals surface area contributed by atoms with E-state index in [4.69, 9.17) is 16.6 Å². The summed E-state index contributed by atoms with van der Waals surface area (Å²) in [6.45, 7) is 4.78. The van der Waals surface area contributed by atoms with Crippen molar-refractivity contribution in [1.29, 1.82) is 0 Å². The van der Waals surface area contributed by atoms with Gasteiger partial charge >= 0.3 is 0 Å². The van der Waals surface area contributed by atoms with Gasteiger partial charge in [0.25, 0.3) is 0 Å². The van der Waals surface area contributed by atoms with Gasteiger partial charge in [-0.05, 0) is 55.3 Å². The lowest BCUT2D eigenvalue weighted by Gasteiger charge is -2.32. The van der Waals surface area contributed by atoms with Crippen LogP contribution in [0.1, 0.15) is 51.0 Å². The molecule has 2 amide bonds. The number of aliphatic imine (C=N–C) groups is 1. The smallest absolute Gasteiger partial charge is 0.238 e. The number of amides is 2. The van der Waals surface area contributed by atoms with Crippen LogP contribution < -0.4 is 5.32 Å². The highest BCUT2D eigenvalue weighted by Gasteiger charge is 2.35. The first-order chi connectivity index (χ1) is 15.5. The molecule has 1 saturated heterocycles. The summed E-state index contributed by atoms with van der Waals surface area (Å²) >= 11 is 7.35. The molecule has 3 rings (SSSR count). The number of nitrogens with zero attached hydrogens (tertiary/aromatic N) is 2. The lowest BCUT2D eigenvalue weighted by atomic mass is 10.1. The number of nitrogens with one attached hydrogen (secondary N) is 1. The molecule has 1 N–H and O–H groups in total. The first-order valence-corrected chi connectivity index (χ1v) is 12.4. The van der Waals surface area contributed by atoms with Crippen LogP contribution in [0.25, 0.3) is 0 Å². The van der Waals surface area contributed by atoms with Gasteiger partial charge in [0.2, 0.25) is 11.8 Å². The van der Waals surface area contributed by atoms with Crippen molar-refractivity contribution in [2.75, 3.05) is 11.9 Å². The molecule has 2 aromatic carbocycles. The Balaban J connectivity index is 1.75. The molecule has 1 heterocycles. The van der Waals surface area contributed by atoms with Crippen LogP contribution >= 0.6 is 23.4 Å². The number of rotatable bonds is 9. The standard InChI is InChI=1S/C25H30ClN3O2S/c1-3-4-5-6-7-15-29-23(30)17-22(24(31)27-21-10-8-9-18(2)16-21)32-25(29)28-20-13-11-19(26)12-14-20/h8-14,16,22H,3-7,15,17H2,1-2H3,(H,27,31). The number of amidine groups is 1. The Kier molecular flexibility index (Phi) is 9.18. The summed E-state index contributed by atoms with van der Waals surface area (Å²) in [5, 5.41) is 3.62. The minimum atomic E-state index is -0.523. The Bertz CT molecular complexity index is 962.